The second-order valence-electron chi connectivity index (χ2n) is 5.94. The van der Waals surface area contributed by atoms with Gasteiger partial charge >= 0.3 is 5.97 Å². The van der Waals surface area contributed by atoms with E-state index in [1.807, 2.05) is 36.4 Å². The number of aromatic nitrogens is 1. The van der Waals surface area contributed by atoms with Gasteiger partial charge in [-0.2, -0.15) is 0 Å². The van der Waals surface area contributed by atoms with Crippen LogP contribution < -0.4 is 18.9 Å². The van der Waals surface area contributed by atoms with Crippen LogP contribution in [0.15, 0.2) is 66.9 Å². The van der Waals surface area contributed by atoms with Crippen molar-refractivity contribution in [3.8, 4) is 23.0 Å². The van der Waals surface area contributed by atoms with Gasteiger partial charge in [-0.05, 0) is 48.0 Å². The molecule has 0 amide bonds. The molecule has 0 radical (unpaired) electrons. The maximum Gasteiger partial charge on any atom is 0.349 e. The molecular weight excluding hydrogens is 370 g/mol. The van der Waals surface area contributed by atoms with E-state index in [-0.39, 0.29) is 6.61 Å². The zero-order valence-corrected chi connectivity index (χ0v) is 16.2. The van der Waals surface area contributed by atoms with Crippen molar-refractivity contribution in [2.24, 2.45) is 0 Å². The molecule has 6 heteroatoms. The summed E-state index contributed by atoms with van der Waals surface area (Å²) in [7, 11) is 3.08. The van der Waals surface area contributed by atoms with Crippen LogP contribution >= 0.6 is 0 Å². The number of hydrogen-bond donors (Lipinski definition) is 0. The molecule has 0 bridgehead atoms. The topological polar surface area (TPSA) is 66.9 Å². The van der Waals surface area contributed by atoms with Crippen LogP contribution in [0.2, 0.25) is 0 Å². The van der Waals surface area contributed by atoms with Gasteiger partial charge in [-0.25, -0.2) is 4.79 Å². The van der Waals surface area contributed by atoms with Crippen molar-refractivity contribution in [3.63, 3.8) is 0 Å². The lowest BCUT2D eigenvalue weighted by molar-refractivity contribution is -0.136. The zero-order chi connectivity index (χ0) is 20.5. The van der Waals surface area contributed by atoms with Crippen LogP contribution in [0.5, 0.6) is 23.0 Å². The first kappa shape index (κ1) is 19.9. The molecule has 2 aromatic carbocycles. The minimum absolute atomic E-state index is 0.238. The van der Waals surface area contributed by atoms with E-state index in [0.717, 1.165) is 11.3 Å². The molecule has 6 nitrogen and oxygen atoms in total. The average molecular weight is 391 g/mol. The number of methoxy groups -OCH3 is 2. The molecule has 0 fully saturated rings. The molecule has 3 rings (SSSR count). The summed E-state index contributed by atoms with van der Waals surface area (Å²) in [5.74, 6) is 1.39. The van der Waals surface area contributed by atoms with Crippen LogP contribution in [0.1, 0.15) is 11.3 Å². The fourth-order valence-electron chi connectivity index (χ4n) is 2.51. The van der Waals surface area contributed by atoms with E-state index in [1.54, 1.807) is 49.7 Å². The molecule has 0 spiro atoms. The molecule has 0 N–H and O–H groups in total. The normalized spacial score (nSPS) is 10.6. The van der Waals surface area contributed by atoms with Crippen LogP contribution in [0.3, 0.4) is 0 Å². The summed E-state index contributed by atoms with van der Waals surface area (Å²) in [6.07, 6.45) is 5.53. The van der Waals surface area contributed by atoms with Gasteiger partial charge in [0.05, 0.1) is 19.9 Å². The fourth-order valence-corrected chi connectivity index (χ4v) is 2.51. The number of benzene rings is 2. The Kier molecular flexibility index (Phi) is 6.84. The highest BCUT2D eigenvalue weighted by molar-refractivity contribution is 5.76. The van der Waals surface area contributed by atoms with Gasteiger partial charge in [0, 0.05) is 12.3 Å². The predicted molar refractivity (Wildman–Crippen MR) is 110 cm³/mol. The van der Waals surface area contributed by atoms with Gasteiger partial charge in [-0.1, -0.05) is 24.3 Å². The predicted octanol–water partition coefficient (Wildman–Crippen LogP) is 4.25. The van der Waals surface area contributed by atoms with E-state index < -0.39 is 5.97 Å². The minimum atomic E-state index is -0.539. The van der Waals surface area contributed by atoms with E-state index in [2.05, 4.69) is 4.98 Å². The molecule has 3 aromatic rings. The molecule has 0 saturated carbocycles. The van der Waals surface area contributed by atoms with Crippen LogP contribution in [0.4, 0.5) is 0 Å². The number of rotatable bonds is 8. The largest absolute Gasteiger partial charge is 0.497 e. The molecule has 0 aliphatic rings. The number of hydrogen-bond acceptors (Lipinski definition) is 6. The Morgan fingerprint density at radius 3 is 2.52 bits per heavy atom. The van der Waals surface area contributed by atoms with Gasteiger partial charge < -0.3 is 18.9 Å². The first-order valence-electron chi connectivity index (χ1n) is 8.92. The number of ether oxygens (including phenoxy) is 4. The molecule has 0 unspecified atom stereocenters. The van der Waals surface area contributed by atoms with Crippen LogP contribution in [0, 0.1) is 0 Å². The maximum atomic E-state index is 12.1. The summed E-state index contributed by atoms with van der Waals surface area (Å²) in [6, 6.07) is 18.0. The number of esters is 1. The van der Waals surface area contributed by atoms with E-state index >= 15 is 0 Å². The Morgan fingerprint density at radius 1 is 0.897 bits per heavy atom. The third-order valence-corrected chi connectivity index (χ3v) is 3.94. The van der Waals surface area contributed by atoms with Gasteiger partial charge in [0.15, 0.2) is 18.1 Å². The van der Waals surface area contributed by atoms with E-state index in [9.17, 15) is 4.79 Å². The highest BCUT2D eigenvalue weighted by Gasteiger charge is 2.11. The van der Waals surface area contributed by atoms with Gasteiger partial charge in [0.25, 0.3) is 0 Å². The Morgan fingerprint density at radius 2 is 1.76 bits per heavy atom. The van der Waals surface area contributed by atoms with Gasteiger partial charge in [0.1, 0.15) is 11.5 Å². The Balaban J connectivity index is 1.62. The molecule has 1 heterocycles. The van der Waals surface area contributed by atoms with Crippen molar-refractivity contribution >= 4 is 18.1 Å². The number of carbonyl (C=O) groups excluding carboxylic acids is 1. The average Bonchev–Trinajstić information content (AvgIpc) is 2.77. The number of nitrogens with zero attached hydrogens (tertiary/aromatic N) is 1. The molecule has 29 heavy (non-hydrogen) atoms. The lowest BCUT2D eigenvalue weighted by Crippen LogP contribution is -2.18. The molecule has 0 atom stereocenters. The zero-order valence-electron chi connectivity index (χ0n) is 16.2. The third-order valence-electron chi connectivity index (χ3n) is 3.94. The summed E-state index contributed by atoms with van der Waals surface area (Å²) in [6.45, 7) is -0.238. The molecule has 1 aromatic heterocycles. The van der Waals surface area contributed by atoms with Gasteiger partial charge in [-0.3, -0.25) is 4.98 Å². The first-order chi connectivity index (χ1) is 14.2. The highest BCUT2D eigenvalue weighted by atomic mass is 16.6. The van der Waals surface area contributed by atoms with Crippen molar-refractivity contribution in [2.45, 2.75) is 0 Å². The van der Waals surface area contributed by atoms with Crippen LogP contribution in [-0.4, -0.2) is 31.8 Å². The van der Waals surface area contributed by atoms with Crippen molar-refractivity contribution < 1.29 is 23.7 Å². The fraction of sp³-hybridized carbons (Fsp3) is 0.130. The van der Waals surface area contributed by atoms with E-state index in [0.29, 0.717) is 23.0 Å². The Bertz CT molecular complexity index is 986. The second kappa shape index (κ2) is 9.94. The van der Waals surface area contributed by atoms with Crippen molar-refractivity contribution in [3.05, 3.63) is 78.1 Å². The lowest BCUT2D eigenvalue weighted by Gasteiger charge is -2.11. The van der Waals surface area contributed by atoms with Crippen molar-refractivity contribution in [1.29, 1.82) is 0 Å². The smallest absolute Gasteiger partial charge is 0.349 e. The van der Waals surface area contributed by atoms with Crippen LogP contribution in [0.25, 0.3) is 12.2 Å². The maximum absolute atomic E-state index is 12.1. The third kappa shape index (κ3) is 5.84. The summed E-state index contributed by atoms with van der Waals surface area (Å²) < 4.78 is 21.3. The van der Waals surface area contributed by atoms with Gasteiger partial charge in [0.2, 0.25) is 0 Å². The van der Waals surface area contributed by atoms with E-state index in [4.69, 9.17) is 18.9 Å². The Hall–Kier alpha value is -3.80. The quantitative estimate of drug-likeness (QED) is 0.422. The minimum Gasteiger partial charge on any atom is -0.497 e. The van der Waals surface area contributed by atoms with E-state index in [1.165, 1.54) is 7.11 Å². The Labute approximate surface area is 169 Å². The summed E-state index contributed by atoms with van der Waals surface area (Å²) >= 11 is 0. The summed E-state index contributed by atoms with van der Waals surface area (Å²) in [5, 5.41) is 0. The monoisotopic (exact) mass is 391 g/mol. The van der Waals surface area contributed by atoms with Crippen molar-refractivity contribution in [2.75, 3.05) is 20.8 Å². The number of pyridine rings is 1. The first-order valence-corrected chi connectivity index (χ1v) is 8.92. The lowest BCUT2D eigenvalue weighted by atomic mass is 10.1. The molecule has 0 aliphatic heterocycles. The molecule has 148 valence electrons. The SMILES string of the molecule is COc1cccc(OCC(=O)Oc2ccc(/C=C/c3ccccn3)cc2OC)c1. The second-order valence-corrected chi connectivity index (χ2v) is 5.94. The summed E-state index contributed by atoms with van der Waals surface area (Å²) in [5.41, 5.74) is 1.73. The van der Waals surface area contributed by atoms with Gasteiger partial charge in [-0.15, -0.1) is 0 Å². The van der Waals surface area contributed by atoms with Crippen molar-refractivity contribution in [1.82, 2.24) is 4.98 Å². The highest BCUT2D eigenvalue weighted by Crippen LogP contribution is 2.29. The standard InChI is InChI=1S/C23H21NO5/c1-26-19-7-5-8-20(15-19)28-16-23(25)29-21-12-10-17(14-22(21)27-2)9-11-18-6-3-4-13-24-18/h3-15H,16H2,1-2H3/b11-9+. The molecule has 0 saturated heterocycles. The number of carbonyl (C=O) groups is 1. The molecule has 0 aliphatic carbocycles. The van der Waals surface area contributed by atoms with Crippen LogP contribution in [-0.2, 0) is 4.79 Å². The molecular formula is C23H21NO5. The summed E-state index contributed by atoms with van der Waals surface area (Å²) in [4.78, 5) is 16.4.